The van der Waals surface area contributed by atoms with E-state index in [1.165, 1.54) is 5.56 Å². The van der Waals surface area contributed by atoms with Gasteiger partial charge in [0.1, 0.15) is 0 Å². The molecule has 0 radical (unpaired) electrons. The number of carbonyl (C=O) groups is 1. The Hall–Kier alpha value is -3.06. The van der Waals surface area contributed by atoms with Gasteiger partial charge in [0, 0.05) is 24.9 Å². The highest BCUT2D eigenvalue weighted by Gasteiger charge is 2.25. The van der Waals surface area contributed by atoms with Crippen LogP contribution in [0.25, 0.3) is 17.8 Å². The van der Waals surface area contributed by atoms with E-state index in [2.05, 4.69) is 65.7 Å². The first-order chi connectivity index (χ1) is 15.5. The number of fused-ring (bicyclic) bond motifs is 1. The van der Waals surface area contributed by atoms with E-state index < -0.39 is 6.09 Å². The van der Waals surface area contributed by atoms with E-state index in [4.69, 9.17) is 14.6 Å². The first kappa shape index (κ1) is 22.1. The number of benzene rings is 1. The minimum atomic E-state index is -0.414. The highest BCUT2D eigenvalue weighted by Crippen LogP contribution is 2.14. The van der Waals surface area contributed by atoms with Crippen LogP contribution < -0.4 is 20.8 Å². The number of carbonyl (C=O) groups excluding carboxylic acids is 1. The van der Waals surface area contributed by atoms with Crippen LogP contribution in [0.5, 0.6) is 0 Å². The zero-order valence-electron chi connectivity index (χ0n) is 19.1. The van der Waals surface area contributed by atoms with E-state index in [0.29, 0.717) is 19.7 Å². The molecule has 1 unspecified atom stereocenters. The molecule has 1 saturated heterocycles. The van der Waals surface area contributed by atoms with Crippen molar-refractivity contribution in [2.24, 2.45) is 0 Å². The van der Waals surface area contributed by atoms with Crippen LogP contribution >= 0.6 is 0 Å². The van der Waals surface area contributed by atoms with Crippen molar-refractivity contribution < 1.29 is 14.3 Å². The molecule has 1 aromatic carbocycles. The van der Waals surface area contributed by atoms with E-state index in [1.807, 2.05) is 18.5 Å². The van der Waals surface area contributed by atoms with E-state index in [0.717, 1.165) is 41.5 Å². The van der Waals surface area contributed by atoms with Gasteiger partial charge in [0.2, 0.25) is 0 Å². The Labute approximate surface area is 189 Å². The minimum Gasteiger partial charge on any atom is -0.447 e. The number of rotatable bonds is 5. The van der Waals surface area contributed by atoms with Crippen molar-refractivity contribution in [2.75, 3.05) is 31.1 Å². The van der Waals surface area contributed by atoms with Crippen LogP contribution in [0.4, 0.5) is 10.6 Å². The Bertz CT molecular complexity index is 1090. The fraction of sp³-hybridized carbons (Fsp3) is 0.440. The molecule has 1 atom stereocenters. The second kappa shape index (κ2) is 10.0. The molecular weight excluding hydrogens is 404 g/mol. The monoisotopic (exact) mass is 436 g/mol. The lowest BCUT2D eigenvalue weighted by atomic mass is 10.2. The van der Waals surface area contributed by atoms with Crippen LogP contribution in [0.1, 0.15) is 32.3 Å². The first-order valence-corrected chi connectivity index (χ1v) is 11.4. The molecule has 7 nitrogen and oxygen atoms in total. The molecule has 0 saturated carbocycles. The second-order valence-electron chi connectivity index (χ2n) is 8.52. The maximum Gasteiger partial charge on any atom is 0.407 e. The number of morpholine rings is 1. The average molecular weight is 437 g/mol. The quantitative estimate of drug-likeness (QED) is 0.780. The Morgan fingerprint density at radius 3 is 2.88 bits per heavy atom. The summed E-state index contributed by atoms with van der Waals surface area (Å²) < 4.78 is 13.1. The lowest BCUT2D eigenvalue weighted by Crippen LogP contribution is -2.49. The maximum absolute atomic E-state index is 11.9. The lowest BCUT2D eigenvalue weighted by molar-refractivity contribution is 0.0378. The number of ether oxygens (including phenoxy) is 2. The molecule has 7 heteroatoms. The van der Waals surface area contributed by atoms with Gasteiger partial charge in [-0.3, -0.25) is 0 Å². The van der Waals surface area contributed by atoms with E-state index in [1.54, 1.807) is 0 Å². The summed E-state index contributed by atoms with van der Waals surface area (Å²) in [6.45, 7) is 8.14. The largest absolute Gasteiger partial charge is 0.447 e. The van der Waals surface area contributed by atoms with Crippen molar-refractivity contribution in [3.05, 3.63) is 52.5 Å². The molecule has 2 aromatic rings. The molecule has 1 aromatic heterocycles. The van der Waals surface area contributed by atoms with Crippen LogP contribution in [0.2, 0.25) is 0 Å². The molecule has 1 N–H and O–H groups in total. The van der Waals surface area contributed by atoms with Crippen molar-refractivity contribution in [3.63, 3.8) is 0 Å². The normalized spacial score (nSPS) is 18.2. The number of aryl methyl sites for hydroxylation is 1. The summed E-state index contributed by atoms with van der Waals surface area (Å²) in [5.74, 6) is 0.946. The molecular formula is C25H32N4O3. The van der Waals surface area contributed by atoms with Crippen LogP contribution in [0.3, 0.4) is 0 Å². The van der Waals surface area contributed by atoms with Gasteiger partial charge in [-0.1, -0.05) is 35.9 Å². The highest BCUT2D eigenvalue weighted by atomic mass is 16.6. The van der Waals surface area contributed by atoms with Crippen LogP contribution in [0.15, 0.2) is 36.4 Å². The Kier molecular flexibility index (Phi) is 6.95. The van der Waals surface area contributed by atoms with Gasteiger partial charge in [0.15, 0.2) is 5.82 Å². The summed E-state index contributed by atoms with van der Waals surface area (Å²) in [5, 5.41) is 10.1. The van der Waals surface area contributed by atoms with Gasteiger partial charge in [-0.15, -0.1) is 5.10 Å². The molecule has 1 aliphatic carbocycles. The molecule has 4 rings (SSSR count). The smallest absolute Gasteiger partial charge is 0.407 e. The zero-order chi connectivity index (χ0) is 22.5. The number of nitrogens with one attached hydrogen (secondary N) is 1. The van der Waals surface area contributed by atoms with Gasteiger partial charge in [-0.25, -0.2) is 9.48 Å². The van der Waals surface area contributed by atoms with Gasteiger partial charge in [-0.2, -0.15) is 0 Å². The summed E-state index contributed by atoms with van der Waals surface area (Å²) in [7, 11) is 0. The number of aromatic nitrogens is 2. The predicted octanol–water partition coefficient (Wildman–Crippen LogP) is 2.43. The Morgan fingerprint density at radius 1 is 1.28 bits per heavy atom. The van der Waals surface area contributed by atoms with E-state index >= 15 is 0 Å². The molecule has 2 heterocycles. The number of hydrogen-bond acceptors (Lipinski definition) is 5. The molecule has 1 aliphatic heterocycles. The summed E-state index contributed by atoms with van der Waals surface area (Å²) in [6.07, 6.45) is 10.0. The Morgan fingerprint density at radius 2 is 2.09 bits per heavy atom. The van der Waals surface area contributed by atoms with Gasteiger partial charge in [0.25, 0.3) is 0 Å². The van der Waals surface area contributed by atoms with Crippen LogP contribution in [-0.4, -0.2) is 54.3 Å². The van der Waals surface area contributed by atoms with Crippen molar-refractivity contribution in [2.45, 2.75) is 45.8 Å². The standard InChI is InChI=1S/C25H32N4O3/c1-18(2)32-25(30)26-16-21-17-28(14-15-31-21)24-22-8-6-4-5-7-9-23(22)29(27-24)20-12-10-19(3)11-13-20/h4,6,8-13,18,21H,5,7,14-17H2,1-3H3,(H,26,30). The molecule has 170 valence electrons. The molecule has 0 spiro atoms. The van der Waals surface area contributed by atoms with Crippen molar-refractivity contribution in [1.82, 2.24) is 15.1 Å². The van der Waals surface area contributed by atoms with Crippen LogP contribution in [-0.2, 0) is 9.47 Å². The molecule has 32 heavy (non-hydrogen) atoms. The summed E-state index contributed by atoms with van der Waals surface area (Å²) in [6, 6.07) is 8.45. The second-order valence-corrected chi connectivity index (χ2v) is 8.52. The van der Waals surface area contributed by atoms with Gasteiger partial charge in [-0.05, 0) is 51.8 Å². The fourth-order valence-corrected chi connectivity index (χ4v) is 3.97. The van der Waals surface area contributed by atoms with E-state index in [9.17, 15) is 4.79 Å². The van der Waals surface area contributed by atoms with Gasteiger partial charge >= 0.3 is 6.09 Å². The molecule has 1 amide bonds. The number of nitrogens with zero attached hydrogens (tertiary/aromatic N) is 3. The summed E-state index contributed by atoms with van der Waals surface area (Å²) in [5.41, 5.74) is 2.28. The van der Waals surface area contributed by atoms with Crippen molar-refractivity contribution in [3.8, 4) is 5.69 Å². The zero-order valence-corrected chi connectivity index (χ0v) is 19.1. The fourth-order valence-electron chi connectivity index (χ4n) is 3.97. The number of allylic oxidation sites excluding steroid dienone is 2. The summed E-state index contributed by atoms with van der Waals surface area (Å²) in [4.78, 5) is 14.1. The van der Waals surface area contributed by atoms with Gasteiger partial charge in [0.05, 0.1) is 29.9 Å². The molecule has 0 bridgehead atoms. The number of anilines is 1. The summed E-state index contributed by atoms with van der Waals surface area (Å²) >= 11 is 0. The SMILES string of the molecule is Cc1ccc(-n2nc(N3CCOC(CNC(=O)OC(C)C)C3)c3c2=CCCC=CC=3)cc1. The number of alkyl carbamates (subject to hydrolysis) is 1. The number of amides is 1. The molecule has 2 aliphatic rings. The van der Waals surface area contributed by atoms with E-state index in [-0.39, 0.29) is 12.2 Å². The first-order valence-electron chi connectivity index (χ1n) is 11.4. The topological polar surface area (TPSA) is 68.6 Å². The van der Waals surface area contributed by atoms with Gasteiger partial charge < -0.3 is 19.7 Å². The third kappa shape index (κ3) is 5.22. The third-order valence-corrected chi connectivity index (χ3v) is 5.54. The average Bonchev–Trinajstić information content (AvgIpc) is 3.09. The predicted molar refractivity (Wildman–Crippen MR) is 126 cm³/mol. The highest BCUT2D eigenvalue weighted by molar-refractivity contribution is 5.67. The molecule has 1 fully saturated rings. The maximum atomic E-state index is 11.9. The number of hydrogen-bond donors (Lipinski definition) is 1. The lowest BCUT2D eigenvalue weighted by Gasteiger charge is -2.33. The van der Waals surface area contributed by atoms with Crippen molar-refractivity contribution >= 4 is 24.1 Å². The van der Waals surface area contributed by atoms with Crippen molar-refractivity contribution in [1.29, 1.82) is 0 Å². The third-order valence-electron chi connectivity index (χ3n) is 5.54. The van der Waals surface area contributed by atoms with Crippen LogP contribution in [0, 0.1) is 6.92 Å². The Balaban J connectivity index is 1.62. The minimum absolute atomic E-state index is 0.128.